The van der Waals surface area contributed by atoms with E-state index in [0.717, 1.165) is 5.56 Å². The average molecular weight is 246 g/mol. The van der Waals surface area contributed by atoms with E-state index in [-0.39, 0.29) is 11.6 Å². The van der Waals surface area contributed by atoms with Gasteiger partial charge in [0.25, 0.3) is 5.91 Å². The maximum atomic E-state index is 11.7. The Kier molecular flexibility index (Phi) is 3.52. The number of nitrogens with zero attached hydrogens (tertiary/aromatic N) is 4. The van der Waals surface area contributed by atoms with Crippen LogP contribution >= 0.6 is 0 Å². The van der Waals surface area contributed by atoms with Crippen LogP contribution in [0.3, 0.4) is 0 Å². The molecule has 0 aliphatic carbocycles. The highest BCUT2D eigenvalue weighted by Crippen LogP contribution is 1.96. The summed E-state index contributed by atoms with van der Waals surface area (Å²) in [7, 11) is 0. The lowest BCUT2D eigenvalue weighted by Gasteiger charge is -2.04. The van der Waals surface area contributed by atoms with Crippen LogP contribution in [0.2, 0.25) is 0 Å². The number of hydrogen-bond acceptors (Lipinski definition) is 5. The van der Waals surface area contributed by atoms with Crippen molar-refractivity contribution in [2.24, 2.45) is 0 Å². The first kappa shape index (κ1) is 12.0. The first-order valence-electron chi connectivity index (χ1n) is 5.50. The van der Waals surface area contributed by atoms with Gasteiger partial charge in [0.15, 0.2) is 0 Å². The van der Waals surface area contributed by atoms with Crippen molar-refractivity contribution in [2.75, 3.05) is 12.3 Å². The summed E-state index contributed by atoms with van der Waals surface area (Å²) in [6, 6.07) is 0. The zero-order valence-electron chi connectivity index (χ0n) is 10.00. The number of nitrogen functional groups attached to an aromatic ring is 1. The second kappa shape index (κ2) is 5.26. The molecular formula is C11H14N6O. The number of carbonyl (C=O) groups is 1. The lowest BCUT2D eigenvalue weighted by Crippen LogP contribution is -2.28. The zero-order chi connectivity index (χ0) is 13.0. The van der Waals surface area contributed by atoms with Crippen LogP contribution in [0.1, 0.15) is 16.1 Å². The van der Waals surface area contributed by atoms with E-state index in [4.69, 9.17) is 5.73 Å². The van der Waals surface area contributed by atoms with Gasteiger partial charge in [-0.2, -0.15) is 5.10 Å². The first-order valence-corrected chi connectivity index (χ1v) is 5.50. The second-order valence-corrected chi connectivity index (χ2v) is 3.86. The number of amides is 1. The maximum absolute atomic E-state index is 11.7. The van der Waals surface area contributed by atoms with Crippen LogP contribution in [0.5, 0.6) is 0 Å². The summed E-state index contributed by atoms with van der Waals surface area (Å²) >= 11 is 0. The molecule has 2 heterocycles. The van der Waals surface area contributed by atoms with Crippen molar-refractivity contribution in [2.45, 2.75) is 13.5 Å². The Morgan fingerprint density at radius 3 is 2.83 bits per heavy atom. The van der Waals surface area contributed by atoms with Crippen molar-refractivity contribution in [1.29, 1.82) is 0 Å². The Labute approximate surface area is 104 Å². The molecule has 94 valence electrons. The van der Waals surface area contributed by atoms with Gasteiger partial charge in [-0.25, -0.2) is 9.97 Å². The van der Waals surface area contributed by atoms with Gasteiger partial charge in [0.1, 0.15) is 11.5 Å². The molecule has 0 aliphatic rings. The van der Waals surface area contributed by atoms with Crippen LogP contribution in [-0.2, 0) is 6.54 Å². The van der Waals surface area contributed by atoms with Crippen LogP contribution in [0.15, 0.2) is 24.8 Å². The molecule has 0 unspecified atom stereocenters. The molecule has 0 fully saturated rings. The van der Waals surface area contributed by atoms with Gasteiger partial charge in [-0.3, -0.25) is 9.48 Å². The summed E-state index contributed by atoms with van der Waals surface area (Å²) in [5.41, 5.74) is 6.73. The van der Waals surface area contributed by atoms with Crippen LogP contribution in [0.25, 0.3) is 0 Å². The maximum Gasteiger partial charge on any atom is 0.271 e. The Balaban J connectivity index is 1.83. The van der Waals surface area contributed by atoms with Gasteiger partial charge in [0.05, 0.1) is 25.1 Å². The average Bonchev–Trinajstić information content (AvgIpc) is 2.76. The van der Waals surface area contributed by atoms with E-state index >= 15 is 0 Å². The zero-order valence-corrected chi connectivity index (χ0v) is 10.00. The lowest BCUT2D eigenvalue weighted by molar-refractivity contribution is 0.0946. The van der Waals surface area contributed by atoms with Crippen molar-refractivity contribution >= 4 is 11.7 Å². The predicted octanol–water partition coefficient (Wildman–Crippen LogP) is -0.00628. The molecule has 0 bridgehead atoms. The summed E-state index contributed by atoms with van der Waals surface area (Å²) in [5, 5.41) is 6.85. The molecule has 0 saturated heterocycles. The molecule has 0 atom stereocenters. The monoisotopic (exact) mass is 246 g/mol. The van der Waals surface area contributed by atoms with E-state index < -0.39 is 0 Å². The molecule has 1 amide bonds. The van der Waals surface area contributed by atoms with Crippen LogP contribution < -0.4 is 11.1 Å². The number of anilines is 1. The van der Waals surface area contributed by atoms with Gasteiger partial charge in [0.2, 0.25) is 0 Å². The minimum absolute atomic E-state index is 0.251. The van der Waals surface area contributed by atoms with Crippen molar-refractivity contribution < 1.29 is 4.79 Å². The number of carbonyl (C=O) groups excluding carboxylic acids is 1. The molecule has 2 aromatic heterocycles. The van der Waals surface area contributed by atoms with Gasteiger partial charge in [-0.05, 0) is 12.5 Å². The molecule has 7 heteroatoms. The fourth-order valence-electron chi connectivity index (χ4n) is 1.42. The molecule has 2 rings (SSSR count). The number of aryl methyl sites for hydroxylation is 1. The fraction of sp³-hybridized carbons (Fsp3) is 0.273. The number of aromatic nitrogens is 4. The van der Waals surface area contributed by atoms with E-state index in [0.29, 0.717) is 18.9 Å². The smallest absolute Gasteiger partial charge is 0.271 e. The number of nitrogens with two attached hydrogens (primary N) is 1. The summed E-state index contributed by atoms with van der Waals surface area (Å²) in [4.78, 5) is 19.4. The summed E-state index contributed by atoms with van der Waals surface area (Å²) in [6.07, 6.45) is 6.39. The SMILES string of the molecule is Cc1cnn(CCNC(=O)c2cnc(N)cn2)c1. The summed E-state index contributed by atoms with van der Waals surface area (Å²) < 4.78 is 1.77. The first-order chi connectivity index (χ1) is 8.65. The Hall–Kier alpha value is -2.44. The van der Waals surface area contributed by atoms with Crippen LogP contribution in [0.4, 0.5) is 5.82 Å². The van der Waals surface area contributed by atoms with Gasteiger partial charge >= 0.3 is 0 Å². The van der Waals surface area contributed by atoms with E-state index in [2.05, 4.69) is 20.4 Å². The van der Waals surface area contributed by atoms with Crippen LogP contribution in [-0.4, -0.2) is 32.2 Å². The third-order valence-corrected chi connectivity index (χ3v) is 2.29. The van der Waals surface area contributed by atoms with Gasteiger partial charge < -0.3 is 11.1 Å². The van der Waals surface area contributed by atoms with E-state index in [1.54, 1.807) is 10.9 Å². The highest BCUT2D eigenvalue weighted by Gasteiger charge is 2.06. The Morgan fingerprint density at radius 1 is 1.39 bits per heavy atom. The third kappa shape index (κ3) is 3.03. The van der Waals surface area contributed by atoms with Crippen molar-refractivity contribution in [3.8, 4) is 0 Å². The summed E-state index contributed by atoms with van der Waals surface area (Å²) in [5.74, 6) is 0.0185. The molecule has 0 spiro atoms. The largest absolute Gasteiger partial charge is 0.382 e. The minimum atomic E-state index is -0.272. The molecule has 7 nitrogen and oxygen atoms in total. The standard InChI is InChI=1S/C11H14N6O/c1-8-4-16-17(7-8)3-2-13-11(18)9-5-15-10(12)6-14-9/h4-7H,2-3H2,1H3,(H2,12,15)(H,13,18). The van der Waals surface area contributed by atoms with E-state index in [9.17, 15) is 4.79 Å². The van der Waals surface area contributed by atoms with Crippen LogP contribution in [0, 0.1) is 6.92 Å². The second-order valence-electron chi connectivity index (χ2n) is 3.86. The topological polar surface area (TPSA) is 98.7 Å². The molecular weight excluding hydrogens is 232 g/mol. The Morgan fingerprint density at radius 2 is 2.22 bits per heavy atom. The molecule has 0 radical (unpaired) electrons. The predicted molar refractivity (Wildman–Crippen MR) is 65.7 cm³/mol. The fourth-order valence-corrected chi connectivity index (χ4v) is 1.42. The highest BCUT2D eigenvalue weighted by molar-refractivity contribution is 5.91. The lowest BCUT2D eigenvalue weighted by atomic mass is 10.4. The molecule has 3 N–H and O–H groups in total. The molecule has 0 aromatic carbocycles. The third-order valence-electron chi connectivity index (χ3n) is 2.29. The van der Waals surface area contributed by atoms with E-state index in [1.807, 2.05) is 13.1 Å². The molecule has 18 heavy (non-hydrogen) atoms. The van der Waals surface area contributed by atoms with Crippen molar-refractivity contribution in [3.05, 3.63) is 36.0 Å². The number of hydrogen-bond donors (Lipinski definition) is 2. The normalized spacial score (nSPS) is 10.3. The Bertz CT molecular complexity index is 533. The molecule has 2 aromatic rings. The van der Waals surface area contributed by atoms with Gasteiger partial charge in [0, 0.05) is 12.7 Å². The quantitative estimate of drug-likeness (QED) is 0.790. The van der Waals surface area contributed by atoms with Gasteiger partial charge in [-0.1, -0.05) is 0 Å². The van der Waals surface area contributed by atoms with Crippen molar-refractivity contribution in [1.82, 2.24) is 25.1 Å². The van der Waals surface area contributed by atoms with E-state index in [1.165, 1.54) is 12.4 Å². The minimum Gasteiger partial charge on any atom is -0.382 e. The molecule has 0 saturated carbocycles. The van der Waals surface area contributed by atoms with Crippen molar-refractivity contribution in [3.63, 3.8) is 0 Å². The van der Waals surface area contributed by atoms with Gasteiger partial charge in [-0.15, -0.1) is 0 Å². The molecule has 0 aliphatic heterocycles. The number of rotatable bonds is 4. The summed E-state index contributed by atoms with van der Waals surface area (Å²) in [6.45, 7) is 3.06. The highest BCUT2D eigenvalue weighted by atomic mass is 16.1. The number of nitrogens with one attached hydrogen (secondary N) is 1.